The minimum absolute atomic E-state index is 0.657. The standard InChI is InChI=1S/C11H9N5/c1-2-4-9-8(3-1)14-7-10(15-9)16-11-12-5-6-13-11/h1-7H,(H2,12,13,15,16). The van der Waals surface area contributed by atoms with E-state index in [2.05, 4.69) is 25.3 Å². The topological polar surface area (TPSA) is 66.5 Å². The van der Waals surface area contributed by atoms with Gasteiger partial charge in [0.25, 0.3) is 0 Å². The van der Waals surface area contributed by atoms with Gasteiger partial charge in [0.05, 0.1) is 17.2 Å². The van der Waals surface area contributed by atoms with E-state index in [1.54, 1.807) is 18.6 Å². The molecular formula is C11H9N5. The van der Waals surface area contributed by atoms with Gasteiger partial charge >= 0.3 is 0 Å². The molecule has 5 heteroatoms. The Labute approximate surface area is 91.6 Å². The molecule has 0 amide bonds. The maximum absolute atomic E-state index is 4.42. The van der Waals surface area contributed by atoms with Crippen LogP contribution in [0.25, 0.3) is 11.0 Å². The molecule has 0 fully saturated rings. The van der Waals surface area contributed by atoms with Crippen LogP contribution in [0.1, 0.15) is 0 Å². The Hall–Kier alpha value is -2.43. The molecule has 0 aliphatic rings. The molecule has 0 saturated heterocycles. The van der Waals surface area contributed by atoms with Gasteiger partial charge in [-0.25, -0.2) is 9.97 Å². The summed E-state index contributed by atoms with van der Waals surface area (Å²) in [4.78, 5) is 15.7. The lowest BCUT2D eigenvalue weighted by Crippen LogP contribution is -1.96. The van der Waals surface area contributed by atoms with Crippen molar-refractivity contribution in [2.75, 3.05) is 5.32 Å². The van der Waals surface area contributed by atoms with E-state index in [1.165, 1.54) is 0 Å². The Morgan fingerprint density at radius 3 is 2.75 bits per heavy atom. The summed E-state index contributed by atoms with van der Waals surface area (Å²) in [5.41, 5.74) is 1.74. The lowest BCUT2D eigenvalue weighted by Gasteiger charge is -2.02. The third-order valence-electron chi connectivity index (χ3n) is 2.19. The molecule has 0 atom stereocenters. The minimum Gasteiger partial charge on any atom is -0.331 e. The number of hydrogen-bond donors (Lipinski definition) is 2. The van der Waals surface area contributed by atoms with Crippen molar-refractivity contribution in [3.05, 3.63) is 42.9 Å². The van der Waals surface area contributed by atoms with E-state index in [0.717, 1.165) is 11.0 Å². The molecule has 78 valence electrons. The zero-order valence-corrected chi connectivity index (χ0v) is 8.38. The number of fused-ring (bicyclic) bond motifs is 1. The fourth-order valence-corrected chi connectivity index (χ4v) is 1.47. The molecule has 3 aromatic rings. The van der Waals surface area contributed by atoms with Crippen LogP contribution in [0.4, 0.5) is 11.8 Å². The van der Waals surface area contributed by atoms with Crippen molar-refractivity contribution in [2.45, 2.75) is 0 Å². The number of aromatic nitrogens is 4. The number of rotatable bonds is 2. The molecule has 0 saturated carbocycles. The van der Waals surface area contributed by atoms with Crippen LogP contribution in [0.15, 0.2) is 42.9 Å². The molecular weight excluding hydrogens is 202 g/mol. The SMILES string of the molecule is c1ccc2nc(Nc3ncc[nH]3)cnc2c1. The van der Waals surface area contributed by atoms with E-state index in [4.69, 9.17) is 0 Å². The molecule has 1 aromatic carbocycles. The zero-order chi connectivity index (χ0) is 10.8. The largest absolute Gasteiger partial charge is 0.331 e. The summed E-state index contributed by atoms with van der Waals surface area (Å²) in [5, 5.41) is 3.04. The first-order valence-corrected chi connectivity index (χ1v) is 4.90. The number of nitrogens with zero attached hydrogens (tertiary/aromatic N) is 3. The molecule has 2 heterocycles. The Kier molecular flexibility index (Phi) is 2.00. The Bertz CT molecular complexity index is 603. The number of hydrogen-bond acceptors (Lipinski definition) is 4. The fourth-order valence-electron chi connectivity index (χ4n) is 1.47. The van der Waals surface area contributed by atoms with Gasteiger partial charge in [-0.15, -0.1) is 0 Å². The first-order chi connectivity index (χ1) is 7.92. The average Bonchev–Trinajstić information content (AvgIpc) is 2.82. The smallest absolute Gasteiger partial charge is 0.205 e. The highest BCUT2D eigenvalue weighted by Gasteiger charge is 2.00. The molecule has 0 aliphatic heterocycles. The summed E-state index contributed by atoms with van der Waals surface area (Å²) in [7, 11) is 0. The number of nitrogens with one attached hydrogen (secondary N) is 2. The monoisotopic (exact) mass is 211 g/mol. The molecule has 3 rings (SSSR count). The van der Waals surface area contributed by atoms with E-state index in [9.17, 15) is 0 Å². The molecule has 0 aliphatic carbocycles. The van der Waals surface area contributed by atoms with Gasteiger partial charge < -0.3 is 10.3 Å². The summed E-state index contributed by atoms with van der Waals surface area (Å²) >= 11 is 0. The summed E-state index contributed by atoms with van der Waals surface area (Å²) in [5.74, 6) is 1.33. The van der Waals surface area contributed by atoms with Crippen molar-refractivity contribution in [1.29, 1.82) is 0 Å². The third kappa shape index (κ3) is 1.58. The van der Waals surface area contributed by atoms with Crippen molar-refractivity contribution in [1.82, 2.24) is 19.9 Å². The van der Waals surface area contributed by atoms with E-state index >= 15 is 0 Å². The van der Waals surface area contributed by atoms with Crippen LogP contribution in [0.5, 0.6) is 0 Å². The number of aromatic amines is 1. The lowest BCUT2D eigenvalue weighted by atomic mass is 10.3. The van der Waals surface area contributed by atoms with Gasteiger partial charge in [-0.05, 0) is 12.1 Å². The van der Waals surface area contributed by atoms with Crippen LogP contribution in [0, 0.1) is 0 Å². The third-order valence-corrected chi connectivity index (χ3v) is 2.19. The zero-order valence-electron chi connectivity index (χ0n) is 8.38. The van der Waals surface area contributed by atoms with Crippen molar-refractivity contribution in [3.8, 4) is 0 Å². The van der Waals surface area contributed by atoms with Crippen LogP contribution in [0.2, 0.25) is 0 Å². The Morgan fingerprint density at radius 2 is 1.94 bits per heavy atom. The number of anilines is 2. The quantitative estimate of drug-likeness (QED) is 0.681. The summed E-state index contributed by atoms with van der Waals surface area (Å²) in [6.07, 6.45) is 5.11. The Morgan fingerprint density at radius 1 is 1.06 bits per heavy atom. The van der Waals surface area contributed by atoms with E-state index in [-0.39, 0.29) is 0 Å². The summed E-state index contributed by atoms with van der Waals surface area (Å²) in [6, 6.07) is 7.74. The first kappa shape index (κ1) is 8.84. The molecule has 0 spiro atoms. The summed E-state index contributed by atoms with van der Waals surface area (Å²) < 4.78 is 0. The molecule has 0 unspecified atom stereocenters. The van der Waals surface area contributed by atoms with Crippen LogP contribution in [0.3, 0.4) is 0 Å². The second kappa shape index (κ2) is 3.62. The first-order valence-electron chi connectivity index (χ1n) is 4.90. The molecule has 0 radical (unpaired) electrons. The predicted molar refractivity (Wildman–Crippen MR) is 61.4 cm³/mol. The highest BCUT2D eigenvalue weighted by Crippen LogP contribution is 2.13. The van der Waals surface area contributed by atoms with E-state index in [0.29, 0.717) is 11.8 Å². The van der Waals surface area contributed by atoms with Crippen molar-refractivity contribution in [3.63, 3.8) is 0 Å². The van der Waals surface area contributed by atoms with Crippen LogP contribution >= 0.6 is 0 Å². The van der Waals surface area contributed by atoms with Gasteiger partial charge in [0, 0.05) is 12.4 Å². The van der Waals surface area contributed by atoms with Gasteiger partial charge in [-0.3, -0.25) is 4.98 Å². The maximum atomic E-state index is 4.42. The molecule has 16 heavy (non-hydrogen) atoms. The van der Waals surface area contributed by atoms with E-state index < -0.39 is 0 Å². The van der Waals surface area contributed by atoms with Crippen LogP contribution < -0.4 is 5.32 Å². The lowest BCUT2D eigenvalue weighted by molar-refractivity contribution is 1.22. The highest BCUT2D eigenvalue weighted by molar-refractivity contribution is 5.75. The van der Waals surface area contributed by atoms with Crippen LogP contribution in [-0.2, 0) is 0 Å². The molecule has 2 N–H and O–H groups in total. The predicted octanol–water partition coefficient (Wildman–Crippen LogP) is 2.10. The Balaban J connectivity index is 1.99. The molecule has 0 bridgehead atoms. The highest BCUT2D eigenvalue weighted by atomic mass is 15.1. The molecule has 2 aromatic heterocycles. The van der Waals surface area contributed by atoms with E-state index in [1.807, 2.05) is 24.3 Å². The fraction of sp³-hybridized carbons (Fsp3) is 0. The van der Waals surface area contributed by atoms with Gasteiger partial charge in [-0.2, -0.15) is 0 Å². The number of H-pyrrole nitrogens is 1. The van der Waals surface area contributed by atoms with Crippen molar-refractivity contribution in [2.24, 2.45) is 0 Å². The maximum Gasteiger partial charge on any atom is 0.205 e. The van der Waals surface area contributed by atoms with Crippen molar-refractivity contribution >= 4 is 22.8 Å². The number of para-hydroxylation sites is 2. The van der Waals surface area contributed by atoms with Gasteiger partial charge in [0.2, 0.25) is 5.95 Å². The number of imidazole rings is 1. The average molecular weight is 211 g/mol. The second-order valence-electron chi connectivity index (χ2n) is 3.31. The van der Waals surface area contributed by atoms with Crippen LogP contribution in [-0.4, -0.2) is 19.9 Å². The van der Waals surface area contributed by atoms with Gasteiger partial charge in [0.1, 0.15) is 0 Å². The second-order valence-corrected chi connectivity index (χ2v) is 3.31. The minimum atomic E-state index is 0.657. The number of benzene rings is 1. The normalized spacial score (nSPS) is 10.5. The van der Waals surface area contributed by atoms with Crippen molar-refractivity contribution < 1.29 is 0 Å². The molecule has 5 nitrogen and oxygen atoms in total. The van der Waals surface area contributed by atoms with Gasteiger partial charge in [-0.1, -0.05) is 12.1 Å². The van der Waals surface area contributed by atoms with Gasteiger partial charge in [0.15, 0.2) is 5.82 Å². The summed E-state index contributed by atoms with van der Waals surface area (Å²) in [6.45, 7) is 0.